The number of benzene rings is 3. The molecule has 1 fully saturated rings. The van der Waals surface area contributed by atoms with Gasteiger partial charge >= 0.3 is 0 Å². The predicted octanol–water partition coefficient (Wildman–Crippen LogP) is 6.93. The summed E-state index contributed by atoms with van der Waals surface area (Å²) in [5, 5.41) is 2.66. The van der Waals surface area contributed by atoms with Crippen LogP contribution in [0, 0.1) is 11.7 Å². The average molecular weight is 780 g/mol. The fourth-order valence-corrected chi connectivity index (χ4v) is 7.72. The summed E-state index contributed by atoms with van der Waals surface area (Å²) in [7, 11) is 1.52. The summed E-state index contributed by atoms with van der Waals surface area (Å²) >= 11 is 0. The van der Waals surface area contributed by atoms with Gasteiger partial charge < -0.3 is 29.2 Å². The fraction of sp³-hybridized carbons (Fsp3) is 0.308. The number of carbonyl (C=O) groups is 1. The first kappa shape index (κ1) is 39.1. The number of methoxy groups -OCH3 is 4. The first-order valence-electron chi connectivity index (χ1n) is 17.2. The number of fused-ring (bicyclic) bond motifs is 1. The van der Waals surface area contributed by atoms with Gasteiger partial charge in [0.15, 0.2) is 5.03 Å². The molecule has 0 saturated carbocycles. The van der Waals surface area contributed by atoms with Crippen molar-refractivity contribution in [1.82, 2.24) is 14.3 Å². The number of nitrogens with zero attached hydrogens (tertiary/aromatic N) is 4. The zero-order chi connectivity index (χ0) is 39.5. The second kappa shape index (κ2) is 16.0. The van der Waals surface area contributed by atoms with Crippen LogP contribution in [-0.2, 0) is 23.1 Å². The molecule has 2 aromatic heterocycles. The van der Waals surface area contributed by atoms with Crippen molar-refractivity contribution in [2.75, 3.05) is 51.7 Å². The van der Waals surface area contributed by atoms with Crippen molar-refractivity contribution in [3.05, 3.63) is 102 Å². The highest BCUT2D eigenvalue weighted by molar-refractivity contribution is 7.89. The number of piperidine rings is 1. The van der Waals surface area contributed by atoms with Crippen LogP contribution in [0.1, 0.15) is 34.8 Å². The number of ether oxygens (including phenoxy) is 4. The molecule has 5 aromatic rings. The number of rotatable bonds is 13. The van der Waals surface area contributed by atoms with Gasteiger partial charge in [0.1, 0.15) is 40.1 Å². The number of nitrogens with one attached hydrogen (secondary N) is 1. The lowest BCUT2D eigenvalue weighted by Crippen LogP contribution is -2.46. The van der Waals surface area contributed by atoms with Crippen molar-refractivity contribution in [1.29, 1.82) is 0 Å². The highest BCUT2D eigenvalue weighted by Gasteiger charge is 2.42. The van der Waals surface area contributed by atoms with E-state index in [-0.39, 0.29) is 53.8 Å². The second-order valence-electron chi connectivity index (χ2n) is 13.0. The number of sulfonamides is 1. The number of amides is 1. The number of alkyl halides is 2. The molecule has 1 amide bonds. The van der Waals surface area contributed by atoms with Crippen LogP contribution in [0.5, 0.6) is 23.0 Å². The molecule has 3 heterocycles. The Balaban J connectivity index is 1.36. The molecule has 1 N–H and O–H groups in total. The van der Waals surface area contributed by atoms with Gasteiger partial charge in [-0.3, -0.25) is 4.79 Å². The summed E-state index contributed by atoms with van der Waals surface area (Å²) in [4.78, 5) is 24.2. The zero-order valence-electron chi connectivity index (χ0n) is 30.8. The number of hydrogen-bond donors (Lipinski definition) is 1. The molecule has 0 aliphatic carbocycles. The minimum Gasteiger partial charge on any atom is -0.497 e. The Hall–Kier alpha value is -5.61. The monoisotopic (exact) mass is 779 g/mol. The topological polar surface area (TPSA) is 132 Å². The number of pyridine rings is 2. The van der Waals surface area contributed by atoms with Crippen molar-refractivity contribution in [3.63, 3.8) is 0 Å². The number of anilines is 2. The van der Waals surface area contributed by atoms with Crippen LogP contribution < -0.4 is 29.2 Å². The molecule has 12 nitrogen and oxygen atoms in total. The first-order chi connectivity index (χ1) is 26.3. The van der Waals surface area contributed by atoms with Crippen LogP contribution in [-0.4, -0.2) is 76.0 Å². The second-order valence-corrected chi connectivity index (χ2v) is 14.9. The molecular formula is C39H40F3N5O7S. The van der Waals surface area contributed by atoms with Crippen molar-refractivity contribution in [3.8, 4) is 23.0 Å². The maximum atomic E-state index is 14.9. The lowest BCUT2D eigenvalue weighted by atomic mass is 9.95. The Morgan fingerprint density at radius 1 is 0.909 bits per heavy atom. The molecule has 55 heavy (non-hydrogen) atoms. The average Bonchev–Trinajstić information content (AvgIpc) is 3.18. The lowest BCUT2D eigenvalue weighted by Gasteiger charge is -2.38. The third-order valence-electron chi connectivity index (χ3n) is 9.53. The number of halogens is 3. The summed E-state index contributed by atoms with van der Waals surface area (Å²) in [6, 6.07) is 18.4. The molecule has 0 radical (unpaired) electrons. The Morgan fingerprint density at radius 3 is 2.13 bits per heavy atom. The van der Waals surface area contributed by atoms with Gasteiger partial charge in [0.05, 0.1) is 34.0 Å². The Labute approximate surface area is 316 Å². The molecule has 6 rings (SSSR count). The molecule has 1 aliphatic rings. The summed E-state index contributed by atoms with van der Waals surface area (Å²) in [5.74, 6) is -3.47. The first-order valence-corrected chi connectivity index (χ1v) is 18.6. The number of hydrogen-bond acceptors (Lipinski definition) is 10. The maximum absolute atomic E-state index is 14.9. The number of aromatic nitrogens is 2. The van der Waals surface area contributed by atoms with E-state index in [0.717, 1.165) is 0 Å². The van der Waals surface area contributed by atoms with E-state index < -0.39 is 40.0 Å². The van der Waals surface area contributed by atoms with Crippen LogP contribution in [0.3, 0.4) is 0 Å². The van der Waals surface area contributed by atoms with Crippen LogP contribution in [0.4, 0.5) is 24.7 Å². The van der Waals surface area contributed by atoms with E-state index in [4.69, 9.17) is 18.9 Å². The summed E-state index contributed by atoms with van der Waals surface area (Å²) in [6.07, 6.45) is 0.769. The zero-order valence-corrected chi connectivity index (χ0v) is 31.6. The normalized spacial score (nSPS) is 15.5. The summed E-state index contributed by atoms with van der Waals surface area (Å²) < 4.78 is 95.8. The van der Waals surface area contributed by atoms with Crippen LogP contribution in [0.25, 0.3) is 10.9 Å². The fourth-order valence-electron chi connectivity index (χ4n) is 6.37. The van der Waals surface area contributed by atoms with Gasteiger partial charge in [-0.2, -0.15) is 4.31 Å². The molecule has 3 aromatic carbocycles. The third-order valence-corrected chi connectivity index (χ3v) is 11.2. The van der Waals surface area contributed by atoms with E-state index in [2.05, 4.69) is 15.3 Å². The highest BCUT2D eigenvalue weighted by atomic mass is 32.2. The number of carbonyl (C=O) groups excluding carboxylic acids is 1. The van der Waals surface area contributed by atoms with Gasteiger partial charge in [-0.05, 0) is 30.3 Å². The molecule has 0 spiro atoms. The van der Waals surface area contributed by atoms with E-state index in [1.807, 2.05) is 0 Å². The predicted molar refractivity (Wildman–Crippen MR) is 200 cm³/mol. The van der Waals surface area contributed by atoms with Gasteiger partial charge in [-0.15, -0.1) is 0 Å². The summed E-state index contributed by atoms with van der Waals surface area (Å²) in [6.45, 7) is 0.866. The highest BCUT2D eigenvalue weighted by Crippen LogP contribution is 2.37. The van der Waals surface area contributed by atoms with Gasteiger partial charge in [0, 0.05) is 85.1 Å². The number of para-hydroxylation sites is 1. The van der Waals surface area contributed by atoms with E-state index in [1.165, 1.54) is 76.2 Å². The van der Waals surface area contributed by atoms with Crippen LogP contribution in [0.2, 0.25) is 0 Å². The van der Waals surface area contributed by atoms with Gasteiger partial charge in [0.25, 0.3) is 21.9 Å². The summed E-state index contributed by atoms with van der Waals surface area (Å²) in [5.41, 5.74) is 1.11. The van der Waals surface area contributed by atoms with Gasteiger partial charge in [-0.25, -0.2) is 31.6 Å². The van der Waals surface area contributed by atoms with E-state index in [9.17, 15) is 26.4 Å². The molecule has 1 unspecified atom stereocenters. The molecule has 1 aliphatic heterocycles. The minimum absolute atomic E-state index is 0.00318. The van der Waals surface area contributed by atoms with E-state index in [1.54, 1.807) is 47.4 Å². The van der Waals surface area contributed by atoms with Crippen molar-refractivity contribution in [2.45, 2.75) is 37.4 Å². The van der Waals surface area contributed by atoms with E-state index in [0.29, 0.717) is 39.5 Å². The Kier molecular flexibility index (Phi) is 11.4. The van der Waals surface area contributed by atoms with Crippen LogP contribution >= 0.6 is 0 Å². The molecular weight excluding hydrogens is 740 g/mol. The molecule has 0 bridgehead atoms. The Morgan fingerprint density at radius 2 is 1.55 bits per heavy atom. The molecule has 290 valence electrons. The smallest absolute Gasteiger partial charge is 0.261 e. The third kappa shape index (κ3) is 8.24. The minimum atomic E-state index is -4.41. The van der Waals surface area contributed by atoms with Crippen molar-refractivity contribution in [2.24, 2.45) is 5.92 Å². The van der Waals surface area contributed by atoms with E-state index >= 15 is 0 Å². The van der Waals surface area contributed by atoms with Gasteiger partial charge in [0.2, 0.25) is 0 Å². The molecule has 1 atom stereocenters. The SMILES string of the molecule is COc1ccc(CN(Cc2ccc(OC)cc2OC)S(=O)(=O)c2cc(NC(=O)c3cc4cccc(F)c4nc3N3CCC(F)(F)C(C)C3)ccn2)c(OC)c1. The van der Waals surface area contributed by atoms with Crippen molar-refractivity contribution >= 4 is 38.3 Å². The van der Waals surface area contributed by atoms with Gasteiger partial charge in [-0.1, -0.05) is 31.2 Å². The van der Waals surface area contributed by atoms with Crippen molar-refractivity contribution < 1.29 is 45.3 Å². The largest absolute Gasteiger partial charge is 0.497 e. The molecule has 16 heteroatoms. The standard InChI is InChI=1S/C39H40F3N5O7S/c1-24-21-46(16-14-39(24,41)42)37-31(17-25-7-6-8-32(40)36(25)45-37)38(48)44-28-13-15-43-35(18-28)55(49,50)47(22-26-9-11-29(51-2)19-33(26)53-4)23-27-10-12-30(52-3)20-34(27)54-5/h6-13,15,17-20,24H,14,16,21-23H2,1-5H3,(H,43,44,48). The lowest BCUT2D eigenvalue weighted by molar-refractivity contribution is -0.0652. The van der Waals surface area contributed by atoms with Crippen LogP contribution in [0.15, 0.2) is 84.0 Å². The molecule has 1 saturated heterocycles. The Bertz CT molecular complexity index is 2270. The quantitative estimate of drug-likeness (QED) is 0.134. The maximum Gasteiger partial charge on any atom is 0.261 e.